The molecule has 1 heteroatoms. The zero-order valence-electron chi connectivity index (χ0n) is 11.2. The summed E-state index contributed by atoms with van der Waals surface area (Å²) in [6, 6.07) is 0. The van der Waals surface area contributed by atoms with Crippen LogP contribution in [0, 0.1) is 17.8 Å². The number of hydrogen-bond donors (Lipinski definition) is 1. The van der Waals surface area contributed by atoms with Crippen LogP contribution in [-0.4, -0.2) is 11.2 Å². The fourth-order valence-corrected chi connectivity index (χ4v) is 2.83. The maximum absolute atomic E-state index is 9.78. The zero-order chi connectivity index (χ0) is 12.0. The quantitative estimate of drug-likeness (QED) is 0.530. The Kier molecular flexibility index (Phi) is 6.12. The highest BCUT2D eigenvalue weighted by Crippen LogP contribution is 2.37. The molecule has 0 aromatic carbocycles. The van der Waals surface area contributed by atoms with Crippen molar-refractivity contribution in [1.29, 1.82) is 0 Å². The first-order chi connectivity index (χ1) is 7.66. The maximum Gasteiger partial charge on any atom is 0.0574 e. The Bertz CT molecular complexity index is 209. The Morgan fingerprint density at radius 2 is 1.94 bits per heavy atom. The van der Waals surface area contributed by atoms with Crippen LogP contribution < -0.4 is 0 Å². The fraction of sp³-hybridized carbons (Fsp3) is 0.867. The summed E-state index contributed by atoms with van der Waals surface area (Å²) in [4.78, 5) is 0. The van der Waals surface area contributed by atoms with E-state index in [2.05, 4.69) is 32.9 Å². The lowest BCUT2D eigenvalue weighted by atomic mass is 9.90. The van der Waals surface area contributed by atoms with Gasteiger partial charge in [0.15, 0.2) is 0 Å². The SMILES string of the molecule is CCCCCC/C=C/C1C(C)C[C@H](O)C1C. The van der Waals surface area contributed by atoms with Crippen LogP contribution in [0.5, 0.6) is 0 Å². The van der Waals surface area contributed by atoms with Gasteiger partial charge in [0.2, 0.25) is 0 Å². The molecule has 0 heterocycles. The predicted molar refractivity (Wildman–Crippen MR) is 70.3 cm³/mol. The number of aliphatic hydroxyl groups is 1. The third-order valence-electron chi connectivity index (χ3n) is 4.07. The third-order valence-corrected chi connectivity index (χ3v) is 4.07. The van der Waals surface area contributed by atoms with E-state index in [1.165, 1.54) is 32.1 Å². The third kappa shape index (κ3) is 3.93. The summed E-state index contributed by atoms with van der Waals surface area (Å²) in [7, 11) is 0. The largest absolute Gasteiger partial charge is 0.393 e. The van der Waals surface area contributed by atoms with Gasteiger partial charge in [0.05, 0.1) is 6.10 Å². The van der Waals surface area contributed by atoms with Crippen LogP contribution in [0.3, 0.4) is 0 Å². The van der Waals surface area contributed by atoms with E-state index in [4.69, 9.17) is 0 Å². The Hall–Kier alpha value is -0.300. The molecular weight excluding hydrogens is 196 g/mol. The highest BCUT2D eigenvalue weighted by atomic mass is 16.3. The van der Waals surface area contributed by atoms with Crippen LogP contribution in [0.4, 0.5) is 0 Å². The lowest BCUT2D eigenvalue weighted by Crippen LogP contribution is -2.14. The van der Waals surface area contributed by atoms with Crippen molar-refractivity contribution in [2.24, 2.45) is 17.8 Å². The summed E-state index contributed by atoms with van der Waals surface area (Å²) < 4.78 is 0. The lowest BCUT2D eigenvalue weighted by Gasteiger charge is -2.16. The second-order valence-corrected chi connectivity index (χ2v) is 5.49. The number of rotatable bonds is 6. The number of allylic oxidation sites excluding steroid dienone is 2. The minimum Gasteiger partial charge on any atom is -0.393 e. The molecule has 1 N–H and O–H groups in total. The van der Waals surface area contributed by atoms with Crippen molar-refractivity contribution in [1.82, 2.24) is 0 Å². The summed E-state index contributed by atoms with van der Waals surface area (Å²) in [5.74, 6) is 1.69. The second kappa shape index (κ2) is 7.11. The van der Waals surface area contributed by atoms with E-state index >= 15 is 0 Å². The highest BCUT2D eigenvalue weighted by Gasteiger charge is 2.35. The van der Waals surface area contributed by atoms with Crippen molar-refractivity contribution in [3.63, 3.8) is 0 Å². The maximum atomic E-state index is 9.78. The molecule has 94 valence electrons. The van der Waals surface area contributed by atoms with Gasteiger partial charge >= 0.3 is 0 Å². The van der Waals surface area contributed by atoms with Crippen molar-refractivity contribution in [2.75, 3.05) is 0 Å². The first-order valence-electron chi connectivity index (χ1n) is 7.01. The Morgan fingerprint density at radius 1 is 1.19 bits per heavy atom. The smallest absolute Gasteiger partial charge is 0.0574 e. The molecule has 1 fully saturated rings. The molecule has 0 aromatic heterocycles. The first-order valence-corrected chi connectivity index (χ1v) is 7.01. The minimum atomic E-state index is -0.0789. The summed E-state index contributed by atoms with van der Waals surface area (Å²) in [5.41, 5.74) is 0. The van der Waals surface area contributed by atoms with Gasteiger partial charge in [-0.25, -0.2) is 0 Å². The molecule has 1 aliphatic carbocycles. The van der Waals surface area contributed by atoms with Gasteiger partial charge in [-0.05, 0) is 37.0 Å². The Morgan fingerprint density at radius 3 is 2.50 bits per heavy atom. The van der Waals surface area contributed by atoms with E-state index < -0.39 is 0 Å². The zero-order valence-corrected chi connectivity index (χ0v) is 11.2. The van der Waals surface area contributed by atoms with E-state index in [1.54, 1.807) is 0 Å². The van der Waals surface area contributed by atoms with Crippen molar-refractivity contribution in [3.05, 3.63) is 12.2 Å². The molecule has 0 saturated heterocycles. The molecule has 0 spiro atoms. The van der Waals surface area contributed by atoms with Crippen LogP contribution in [0.15, 0.2) is 12.2 Å². The van der Waals surface area contributed by atoms with Crippen LogP contribution >= 0.6 is 0 Å². The van der Waals surface area contributed by atoms with Gasteiger partial charge in [-0.3, -0.25) is 0 Å². The monoisotopic (exact) mass is 224 g/mol. The van der Waals surface area contributed by atoms with Crippen LogP contribution in [-0.2, 0) is 0 Å². The van der Waals surface area contributed by atoms with E-state index in [1.807, 2.05) is 0 Å². The van der Waals surface area contributed by atoms with E-state index in [-0.39, 0.29) is 6.10 Å². The Balaban J connectivity index is 2.22. The molecule has 1 saturated carbocycles. The molecule has 0 bridgehead atoms. The molecule has 0 aromatic rings. The predicted octanol–water partition coefficient (Wildman–Crippen LogP) is 4.17. The summed E-state index contributed by atoms with van der Waals surface area (Å²) in [6.07, 6.45) is 12.2. The van der Waals surface area contributed by atoms with Gasteiger partial charge in [-0.15, -0.1) is 0 Å². The number of hydrogen-bond acceptors (Lipinski definition) is 1. The fourth-order valence-electron chi connectivity index (χ4n) is 2.83. The van der Waals surface area contributed by atoms with Gasteiger partial charge in [0.1, 0.15) is 0 Å². The highest BCUT2D eigenvalue weighted by molar-refractivity contribution is 4.99. The molecular formula is C15H28O. The van der Waals surface area contributed by atoms with Crippen molar-refractivity contribution in [2.45, 2.75) is 65.4 Å². The lowest BCUT2D eigenvalue weighted by molar-refractivity contribution is 0.133. The van der Waals surface area contributed by atoms with Crippen molar-refractivity contribution >= 4 is 0 Å². The molecule has 0 radical (unpaired) electrons. The van der Waals surface area contributed by atoms with Crippen LogP contribution in [0.1, 0.15) is 59.3 Å². The van der Waals surface area contributed by atoms with E-state index in [0.29, 0.717) is 17.8 Å². The molecule has 1 rings (SSSR count). The number of aliphatic hydroxyl groups excluding tert-OH is 1. The van der Waals surface area contributed by atoms with Gasteiger partial charge in [0, 0.05) is 0 Å². The topological polar surface area (TPSA) is 20.2 Å². The Labute approximate surface area is 101 Å². The second-order valence-electron chi connectivity index (χ2n) is 5.49. The van der Waals surface area contributed by atoms with Crippen LogP contribution in [0.25, 0.3) is 0 Å². The standard InChI is InChI=1S/C15H28O/c1-4-5-6-7-8-9-10-14-12(2)11-15(16)13(14)3/h9-10,12-16H,4-8,11H2,1-3H3/b10-9+/t12?,13?,14?,15-/m0/s1. The summed E-state index contributed by atoms with van der Waals surface area (Å²) in [5, 5.41) is 9.78. The van der Waals surface area contributed by atoms with E-state index in [9.17, 15) is 5.11 Å². The molecule has 1 aliphatic rings. The molecule has 3 unspecified atom stereocenters. The van der Waals surface area contributed by atoms with Gasteiger partial charge in [0.25, 0.3) is 0 Å². The molecule has 16 heavy (non-hydrogen) atoms. The molecule has 1 nitrogen and oxygen atoms in total. The van der Waals surface area contributed by atoms with Gasteiger partial charge in [-0.2, -0.15) is 0 Å². The summed E-state index contributed by atoms with van der Waals surface area (Å²) in [6.45, 7) is 6.69. The minimum absolute atomic E-state index is 0.0789. The van der Waals surface area contributed by atoms with Crippen molar-refractivity contribution < 1.29 is 5.11 Å². The molecule has 4 atom stereocenters. The van der Waals surface area contributed by atoms with Crippen LogP contribution in [0.2, 0.25) is 0 Å². The van der Waals surface area contributed by atoms with Gasteiger partial charge < -0.3 is 5.11 Å². The first kappa shape index (κ1) is 13.8. The molecule has 0 amide bonds. The van der Waals surface area contributed by atoms with E-state index in [0.717, 1.165) is 6.42 Å². The van der Waals surface area contributed by atoms with Crippen molar-refractivity contribution in [3.8, 4) is 0 Å². The normalized spacial score (nSPS) is 35.0. The summed E-state index contributed by atoms with van der Waals surface area (Å²) >= 11 is 0. The molecule has 0 aliphatic heterocycles. The average molecular weight is 224 g/mol. The average Bonchev–Trinajstić information content (AvgIpc) is 2.49. The van der Waals surface area contributed by atoms with Gasteiger partial charge in [-0.1, -0.05) is 52.2 Å². The number of unbranched alkanes of at least 4 members (excludes halogenated alkanes) is 4.